The van der Waals surface area contributed by atoms with Gasteiger partial charge in [0.15, 0.2) is 8.32 Å². The van der Waals surface area contributed by atoms with Crippen molar-refractivity contribution < 1.29 is 14.3 Å². The van der Waals surface area contributed by atoms with E-state index in [0.29, 0.717) is 23.3 Å². The molecule has 0 bridgehead atoms. The van der Waals surface area contributed by atoms with Gasteiger partial charge in [0, 0.05) is 10.7 Å². The van der Waals surface area contributed by atoms with Crippen molar-refractivity contribution in [1.82, 2.24) is 9.97 Å². The fourth-order valence-electron chi connectivity index (χ4n) is 3.00. The number of aromatic carboxylic acids is 1. The van der Waals surface area contributed by atoms with Gasteiger partial charge in [-0.25, -0.2) is 9.78 Å². The highest BCUT2D eigenvalue weighted by atomic mass is 79.9. The first kappa shape index (κ1) is 26.0. The Morgan fingerprint density at radius 1 is 1.32 bits per heavy atom. The first-order valence-corrected chi connectivity index (χ1v) is 14.6. The highest BCUT2D eigenvalue weighted by molar-refractivity contribution is 9.10. The first-order chi connectivity index (χ1) is 14.2. The summed E-state index contributed by atoms with van der Waals surface area (Å²) >= 11 is 9.69. The van der Waals surface area contributed by atoms with Gasteiger partial charge in [0.05, 0.1) is 23.3 Å². The van der Waals surface area contributed by atoms with E-state index in [-0.39, 0.29) is 15.8 Å². The summed E-state index contributed by atoms with van der Waals surface area (Å²) in [5.74, 6) is -1.14. The number of fused-ring (bicyclic) bond motifs is 1. The van der Waals surface area contributed by atoms with Crippen molar-refractivity contribution in [3.63, 3.8) is 0 Å². The third-order valence-electron chi connectivity index (χ3n) is 6.03. The third kappa shape index (κ3) is 6.18. The number of anilines is 1. The van der Waals surface area contributed by atoms with Gasteiger partial charge in [0.25, 0.3) is 0 Å². The molecule has 0 fully saturated rings. The second-order valence-electron chi connectivity index (χ2n) is 9.82. The van der Waals surface area contributed by atoms with Crippen LogP contribution in [0.1, 0.15) is 64.2 Å². The molecule has 0 unspecified atom stereocenters. The van der Waals surface area contributed by atoms with E-state index in [9.17, 15) is 9.90 Å². The minimum Gasteiger partial charge on any atom is -0.478 e. The van der Waals surface area contributed by atoms with Gasteiger partial charge in [-0.15, -0.1) is 0 Å². The normalized spacial score (nSPS) is 14.5. The van der Waals surface area contributed by atoms with Crippen LogP contribution in [0, 0.1) is 0 Å². The second kappa shape index (κ2) is 9.73. The number of nitrogens with zero attached hydrogens (tertiary/aromatic N) is 2. The summed E-state index contributed by atoms with van der Waals surface area (Å²) < 4.78 is 7.29. The molecule has 0 saturated carbocycles. The van der Waals surface area contributed by atoms with Crippen LogP contribution in [0.3, 0.4) is 0 Å². The van der Waals surface area contributed by atoms with Crippen LogP contribution in [0.25, 0.3) is 11.0 Å². The van der Waals surface area contributed by atoms with Gasteiger partial charge >= 0.3 is 5.97 Å². The molecule has 172 valence electrons. The Hall–Kier alpha value is -1.22. The molecule has 0 aliphatic rings. The molecule has 0 aliphatic carbocycles. The number of carboxylic acids is 1. The quantitative estimate of drug-likeness (QED) is 0.265. The van der Waals surface area contributed by atoms with Crippen LogP contribution in [-0.4, -0.2) is 41.5 Å². The molecule has 2 heterocycles. The summed E-state index contributed by atoms with van der Waals surface area (Å²) in [5, 5.41) is 13.4. The molecule has 9 heteroatoms. The van der Waals surface area contributed by atoms with Gasteiger partial charge in [-0.2, -0.15) is 0 Å². The molecule has 1 atom stereocenters. The topological polar surface area (TPSA) is 84.3 Å². The summed E-state index contributed by atoms with van der Waals surface area (Å²) in [6.45, 7) is 15.7. The predicted octanol–water partition coefficient (Wildman–Crippen LogP) is 7.13. The Balaban J connectivity index is 2.55. The summed E-state index contributed by atoms with van der Waals surface area (Å²) in [6.07, 6.45) is 4.44. The van der Waals surface area contributed by atoms with E-state index >= 15 is 0 Å². The van der Waals surface area contributed by atoms with Gasteiger partial charge in [-0.3, -0.25) is 4.98 Å². The van der Waals surface area contributed by atoms with Crippen LogP contribution < -0.4 is 5.32 Å². The minimum atomic E-state index is -2.00. The Bertz CT molecular complexity index is 965. The zero-order valence-corrected chi connectivity index (χ0v) is 22.7. The van der Waals surface area contributed by atoms with Crippen molar-refractivity contribution in [1.29, 1.82) is 0 Å². The maximum absolute atomic E-state index is 12.1. The number of halogens is 2. The van der Waals surface area contributed by atoms with Gasteiger partial charge < -0.3 is 14.8 Å². The van der Waals surface area contributed by atoms with E-state index in [0.717, 1.165) is 23.7 Å². The van der Waals surface area contributed by atoms with Crippen LogP contribution in [0.15, 0.2) is 16.7 Å². The molecular formula is C22H33BrClN3O3Si. The van der Waals surface area contributed by atoms with Gasteiger partial charge in [-0.1, -0.05) is 52.1 Å². The van der Waals surface area contributed by atoms with E-state index in [1.165, 1.54) is 0 Å². The van der Waals surface area contributed by atoms with Crippen LogP contribution in [0.4, 0.5) is 5.69 Å². The number of hydrogen-bond acceptors (Lipinski definition) is 5. The molecule has 2 rings (SSSR count). The average molecular weight is 531 g/mol. The molecule has 0 aromatic carbocycles. The molecular weight excluding hydrogens is 498 g/mol. The average Bonchev–Trinajstić information content (AvgIpc) is 2.63. The van der Waals surface area contributed by atoms with Crippen LogP contribution in [-0.2, 0) is 4.43 Å². The maximum atomic E-state index is 12.1. The maximum Gasteiger partial charge on any atom is 0.341 e. The SMILES string of the molecule is CCCC[C@](C)(CO[Si](C)(C)C(C)(C)C)Nc1c(C(=O)O)c(Cl)nc2cc(Br)cnc12. The summed E-state index contributed by atoms with van der Waals surface area (Å²) in [4.78, 5) is 20.8. The summed E-state index contributed by atoms with van der Waals surface area (Å²) in [5.41, 5.74) is 0.809. The lowest BCUT2D eigenvalue weighted by molar-refractivity contribution is 0.0697. The van der Waals surface area contributed by atoms with Crippen molar-refractivity contribution in [3.05, 3.63) is 27.5 Å². The molecule has 2 N–H and O–H groups in total. The minimum absolute atomic E-state index is 0.0643. The zero-order chi connectivity index (χ0) is 23.6. The van der Waals surface area contributed by atoms with Crippen molar-refractivity contribution in [2.75, 3.05) is 11.9 Å². The molecule has 0 radical (unpaired) electrons. The lowest BCUT2D eigenvalue weighted by atomic mass is 9.95. The summed E-state index contributed by atoms with van der Waals surface area (Å²) in [7, 11) is -2.00. The van der Waals surface area contributed by atoms with E-state index in [2.05, 4.69) is 78.9 Å². The smallest absolute Gasteiger partial charge is 0.341 e. The predicted molar refractivity (Wildman–Crippen MR) is 134 cm³/mol. The van der Waals surface area contributed by atoms with Gasteiger partial charge in [0.2, 0.25) is 0 Å². The van der Waals surface area contributed by atoms with Crippen LogP contribution in [0.2, 0.25) is 23.3 Å². The summed E-state index contributed by atoms with van der Waals surface area (Å²) in [6, 6.07) is 1.78. The number of hydrogen-bond donors (Lipinski definition) is 2. The monoisotopic (exact) mass is 529 g/mol. The van der Waals surface area contributed by atoms with Crippen molar-refractivity contribution in [3.8, 4) is 0 Å². The first-order valence-electron chi connectivity index (χ1n) is 10.5. The molecule has 2 aromatic heterocycles. The second-order valence-corrected chi connectivity index (χ2v) is 15.9. The molecule has 0 spiro atoms. The van der Waals surface area contributed by atoms with Crippen molar-refractivity contribution in [2.24, 2.45) is 0 Å². The zero-order valence-electron chi connectivity index (χ0n) is 19.4. The third-order valence-corrected chi connectivity index (χ3v) is 11.2. The largest absolute Gasteiger partial charge is 0.478 e. The number of aromatic nitrogens is 2. The number of pyridine rings is 2. The molecule has 31 heavy (non-hydrogen) atoms. The lowest BCUT2D eigenvalue weighted by Gasteiger charge is -2.41. The molecule has 6 nitrogen and oxygen atoms in total. The van der Waals surface area contributed by atoms with E-state index in [1.54, 1.807) is 12.3 Å². The van der Waals surface area contributed by atoms with E-state index in [1.807, 2.05) is 0 Å². The number of unbranched alkanes of at least 4 members (excludes halogenated alkanes) is 1. The molecule has 2 aromatic rings. The van der Waals surface area contributed by atoms with E-state index in [4.69, 9.17) is 16.0 Å². The highest BCUT2D eigenvalue weighted by Gasteiger charge is 2.39. The number of rotatable bonds is 9. The fourth-order valence-corrected chi connectivity index (χ4v) is 4.70. The van der Waals surface area contributed by atoms with Gasteiger partial charge in [-0.05, 0) is 53.5 Å². The van der Waals surface area contributed by atoms with E-state index < -0.39 is 19.8 Å². The fraction of sp³-hybridized carbons (Fsp3) is 0.591. The van der Waals surface area contributed by atoms with Crippen LogP contribution >= 0.6 is 27.5 Å². The van der Waals surface area contributed by atoms with Gasteiger partial charge in [0.1, 0.15) is 16.2 Å². The number of carboxylic acid groups (broad SMARTS) is 1. The van der Waals surface area contributed by atoms with Crippen molar-refractivity contribution >= 4 is 58.5 Å². The Kier molecular flexibility index (Phi) is 8.17. The highest BCUT2D eigenvalue weighted by Crippen LogP contribution is 2.39. The molecule has 0 saturated heterocycles. The lowest BCUT2D eigenvalue weighted by Crippen LogP contribution is -2.48. The van der Waals surface area contributed by atoms with Crippen LogP contribution in [0.5, 0.6) is 0 Å². The molecule has 0 amide bonds. The Labute approximate surface area is 199 Å². The Morgan fingerprint density at radius 3 is 2.52 bits per heavy atom. The molecule has 0 aliphatic heterocycles. The standard InChI is InChI=1S/C22H33BrClN3O3Si/c1-8-9-10-22(5,13-30-31(6,7)21(2,3)4)27-18-16(20(28)29)19(24)26-15-11-14(23)12-25-17(15)18/h11-12H,8-10,13H2,1-7H3,(H,26,27)(H,28,29)/t22-/m1/s1. The number of nitrogens with one attached hydrogen (secondary N) is 1. The number of carbonyl (C=O) groups is 1. The van der Waals surface area contributed by atoms with Crippen molar-refractivity contribution in [2.45, 2.75) is 77.6 Å². The Morgan fingerprint density at radius 2 is 1.97 bits per heavy atom.